The van der Waals surface area contributed by atoms with Crippen molar-refractivity contribution in [3.63, 3.8) is 0 Å². The Labute approximate surface area is 119 Å². The first-order chi connectivity index (χ1) is 9.65. The highest BCUT2D eigenvalue weighted by atomic mass is 15.1. The molecule has 0 atom stereocenters. The number of aryl methyl sites for hydroxylation is 2. The molecule has 2 aromatic rings. The quantitative estimate of drug-likeness (QED) is 0.837. The van der Waals surface area contributed by atoms with Crippen LogP contribution in [0.1, 0.15) is 50.9 Å². The van der Waals surface area contributed by atoms with Crippen LogP contribution >= 0.6 is 0 Å². The van der Waals surface area contributed by atoms with Gasteiger partial charge in [0.25, 0.3) is 0 Å². The van der Waals surface area contributed by atoms with Crippen LogP contribution in [0.25, 0.3) is 11.2 Å². The van der Waals surface area contributed by atoms with E-state index in [0.717, 1.165) is 49.9 Å². The van der Waals surface area contributed by atoms with Gasteiger partial charge in [-0.25, -0.2) is 9.97 Å². The Morgan fingerprint density at radius 2 is 1.40 bits per heavy atom. The molecule has 108 valence electrons. The largest absolute Gasteiger partial charge is 0.382 e. The lowest BCUT2D eigenvalue weighted by Gasteiger charge is -2.10. The number of fused-ring (bicyclic) bond motifs is 1. The third-order valence-electron chi connectivity index (χ3n) is 3.26. The van der Waals surface area contributed by atoms with Gasteiger partial charge in [0.2, 0.25) is 5.95 Å². The van der Waals surface area contributed by atoms with E-state index in [1.54, 1.807) is 0 Å². The number of nitrogen functional groups attached to an aromatic ring is 2. The van der Waals surface area contributed by atoms with Crippen LogP contribution in [0.4, 0.5) is 11.8 Å². The molecule has 0 bridgehead atoms. The topological polar surface area (TPSA) is 104 Å². The number of nitrogens with two attached hydrogens (primary N) is 2. The van der Waals surface area contributed by atoms with Gasteiger partial charge in [-0.05, 0) is 25.7 Å². The summed E-state index contributed by atoms with van der Waals surface area (Å²) in [5.41, 5.74) is 14.6. The second-order valence-electron chi connectivity index (χ2n) is 4.96. The van der Waals surface area contributed by atoms with E-state index in [9.17, 15) is 0 Å². The molecule has 0 radical (unpaired) electrons. The summed E-state index contributed by atoms with van der Waals surface area (Å²) < 4.78 is 0. The molecule has 0 aliphatic heterocycles. The van der Waals surface area contributed by atoms with Gasteiger partial charge in [0.1, 0.15) is 0 Å². The normalized spacial score (nSPS) is 11.1. The van der Waals surface area contributed by atoms with E-state index in [1.165, 1.54) is 0 Å². The third-order valence-corrected chi connectivity index (χ3v) is 3.26. The van der Waals surface area contributed by atoms with E-state index in [0.29, 0.717) is 17.0 Å². The predicted molar refractivity (Wildman–Crippen MR) is 81.2 cm³/mol. The third kappa shape index (κ3) is 3.12. The van der Waals surface area contributed by atoms with Gasteiger partial charge in [-0.15, -0.1) is 0 Å². The zero-order chi connectivity index (χ0) is 14.5. The molecule has 0 amide bonds. The zero-order valence-corrected chi connectivity index (χ0v) is 12.2. The summed E-state index contributed by atoms with van der Waals surface area (Å²) in [7, 11) is 0. The van der Waals surface area contributed by atoms with Crippen molar-refractivity contribution in [2.24, 2.45) is 0 Å². The molecule has 6 heteroatoms. The summed E-state index contributed by atoms with van der Waals surface area (Å²) in [6.07, 6.45) is 6.27. The molecule has 0 aliphatic carbocycles. The van der Waals surface area contributed by atoms with Crippen molar-refractivity contribution in [3.05, 3.63) is 11.4 Å². The molecular formula is C14H22N6. The summed E-state index contributed by atoms with van der Waals surface area (Å²) in [6.45, 7) is 4.33. The standard InChI is InChI=1S/C14H22N6/c1-3-5-7-9-10(8-6-4-2)18-13-11(17-9)12(15)19-14(16)20-13/h3-8H2,1-2H3,(H4,15,16,18,19,20). The second kappa shape index (κ2) is 6.45. The second-order valence-corrected chi connectivity index (χ2v) is 4.96. The van der Waals surface area contributed by atoms with Crippen molar-refractivity contribution >= 4 is 22.9 Å². The monoisotopic (exact) mass is 274 g/mol. The van der Waals surface area contributed by atoms with Gasteiger partial charge in [-0.1, -0.05) is 26.7 Å². The lowest BCUT2D eigenvalue weighted by molar-refractivity contribution is 0.728. The van der Waals surface area contributed by atoms with Crippen molar-refractivity contribution in [3.8, 4) is 0 Å². The van der Waals surface area contributed by atoms with Gasteiger partial charge in [0, 0.05) is 0 Å². The summed E-state index contributed by atoms with van der Waals surface area (Å²) in [6, 6.07) is 0. The van der Waals surface area contributed by atoms with E-state index in [1.807, 2.05) is 0 Å². The first-order valence-electron chi connectivity index (χ1n) is 7.24. The Kier molecular flexibility index (Phi) is 4.65. The summed E-state index contributed by atoms with van der Waals surface area (Å²) in [5, 5.41) is 0. The van der Waals surface area contributed by atoms with Gasteiger partial charge in [0.15, 0.2) is 17.0 Å². The molecule has 0 unspecified atom stereocenters. The number of rotatable bonds is 6. The lowest BCUT2D eigenvalue weighted by Crippen LogP contribution is -2.08. The van der Waals surface area contributed by atoms with Crippen molar-refractivity contribution < 1.29 is 0 Å². The molecule has 0 aromatic carbocycles. The SMILES string of the molecule is CCCCc1nc2nc(N)nc(N)c2nc1CCCC. The molecule has 0 spiro atoms. The molecule has 6 nitrogen and oxygen atoms in total. The summed E-state index contributed by atoms with van der Waals surface area (Å²) in [4.78, 5) is 17.3. The molecule has 2 heterocycles. The van der Waals surface area contributed by atoms with Crippen LogP contribution in [0.2, 0.25) is 0 Å². The van der Waals surface area contributed by atoms with E-state index in [4.69, 9.17) is 11.5 Å². The molecule has 0 saturated heterocycles. The smallest absolute Gasteiger partial charge is 0.224 e. The zero-order valence-electron chi connectivity index (χ0n) is 12.2. The van der Waals surface area contributed by atoms with E-state index < -0.39 is 0 Å². The molecule has 0 saturated carbocycles. The first-order valence-corrected chi connectivity index (χ1v) is 7.24. The van der Waals surface area contributed by atoms with Crippen LogP contribution in [-0.2, 0) is 12.8 Å². The minimum atomic E-state index is 0.145. The van der Waals surface area contributed by atoms with Crippen LogP contribution in [0, 0.1) is 0 Å². The van der Waals surface area contributed by atoms with E-state index in [-0.39, 0.29) is 5.95 Å². The average molecular weight is 274 g/mol. The molecule has 2 aromatic heterocycles. The van der Waals surface area contributed by atoms with Crippen molar-refractivity contribution in [2.45, 2.75) is 52.4 Å². The number of nitrogens with zero attached hydrogens (tertiary/aromatic N) is 4. The summed E-state index contributed by atoms with van der Waals surface area (Å²) >= 11 is 0. The van der Waals surface area contributed by atoms with Crippen LogP contribution in [0.5, 0.6) is 0 Å². The highest BCUT2D eigenvalue weighted by molar-refractivity contribution is 5.82. The Balaban J connectivity index is 2.49. The minimum Gasteiger partial charge on any atom is -0.382 e. The maximum absolute atomic E-state index is 5.87. The Hall–Kier alpha value is -1.98. The molecule has 0 fully saturated rings. The van der Waals surface area contributed by atoms with E-state index in [2.05, 4.69) is 33.8 Å². The fraction of sp³-hybridized carbons (Fsp3) is 0.571. The number of hydrogen-bond acceptors (Lipinski definition) is 6. The van der Waals surface area contributed by atoms with Crippen LogP contribution in [-0.4, -0.2) is 19.9 Å². The number of anilines is 2. The van der Waals surface area contributed by atoms with Crippen LogP contribution in [0.15, 0.2) is 0 Å². The fourth-order valence-corrected chi connectivity index (χ4v) is 2.14. The lowest BCUT2D eigenvalue weighted by atomic mass is 10.1. The molecule has 2 rings (SSSR count). The maximum atomic E-state index is 5.87. The van der Waals surface area contributed by atoms with Gasteiger partial charge in [-0.3, -0.25) is 0 Å². The predicted octanol–water partition coefficient (Wildman–Crippen LogP) is 2.27. The first kappa shape index (κ1) is 14.4. The highest BCUT2D eigenvalue weighted by Crippen LogP contribution is 2.19. The maximum Gasteiger partial charge on any atom is 0.224 e. The van der Waals surface area contributed by atoms with Crippen molar-refractivity contribution in [2.75, 3.05) is 11.5 Å². The molecule has 4 N–H and O–H groups in total. The van der Waals surface area contributed by atoms with Crippen LogP contribution < -0.4 is 11.5 Å². The average Bonchev–Trinajstić information content (AvgIpc) is 2.42. The molecule has 0 aliphatic rings. The van der Waals surface area contributed by atoms with Crippen molar-refractivity contribution in [1.82, 2.24) is 19.9 Å². The van der Waals surface area contributed by atoms with Crippen molar-refractivity contribution in [1.29, 1.82) is 0 Å². The summed E-state index contributed by atoms with van der Waals surface area (Å²) in [5.74, 6) is 0.451. The highest BCUT2D eigenvalue weighted by Gasteiger charge is 2.12. The Bertz CT molecular complexity index is 596. The molecule has 20 heavy (non-hydrogen) atoms. The minimum absolute atomic E-state index is 0.145. The number of hydrogen-bond donors (Lipinski definition) is 2. The Morgan fingerprint density at radius 3 is 2.00 bits per heavy atom. The van der Waals surface area contributed by atoms with Gasteiger partial charge >= 0.3 is 0 Å². The van der Waals surface area contributed by atoms with Gasteiger partial charge in [0.05, 0.1) is 11.4 Å². The molecular weight excluding hydrogens is 252 g/mol. The Morgan fingerprint density at radius 1 is 0.800 bits per heavy atom. The van der Waals surface area contributed by atoms with Crippen LogP contribution in [0.3, 0.4) is 0 Å². The van der Waals surface area contributed by atoms with Gasteiger partial charge in [-0.2, -0.15) is 9.97 Å². The number of aromatic nitrogens is 4. The number of unbranched alkanes of at least 4 members (excludes halogenated alkanes) is 2. The van der Waals surface area contributed by atoms with Gasteiger partial charge < -0.3 is 11.5 Å². The van der Waals surface area contributed by atoms with E-state index >= 15 is 0 Å². The fourth-order valence-electron chi connectivity index (χ4n) is 2.14.